The molecule has 2 aromatic rings. The number of methoxy groups -OCH3 is 1. The van der Waals surface area contributed by atoms with Crippen LogP contribution in [0.5, 0.6) is 0 Å². The Morgan fingerprint density at radius 1 is 1.12 bits per heavy atom. The van der Waals surface area contributed by atoms with E-state index < -0.39 is 18.2 Å². The van der Waals surface area contributed by atoms with Crippen LogP contribution in [0, 0.1) is 6.92 Å². The Hall–Kier alpha value is -2.26. The van der Waals surface area contributed by atoms with Gasteiger partial charge in [-0.25, -0.2) is 4.79 Å². The zero-order valence-corrected chi connectivity index (χ0v) is 15.2. The molecule has 1 N–H and O–H groups in total. The molecule has 0 saturated heterocycles. The second kappa shape index (κ2) is 10.7. The number of nitrogens with one attached hydrogen (secondary N) is 1. The van der Waals surface area contributed by atoms with E-state index in [0.717, 1.165) is 11.1 Å². The van der Waals surface area contributed by atoms with Crippen LogP contribution in [0.25, 0.3) is 0 Å². The first-order valence-corrected chi connectivity index (χ1v) is 7.82. The fourth-order valence-corrected chi connectivity index (χ4v) is 2.36. The summed E-state index contributed by atoms with van der Waals surface area (Å²) in [5.41, 5.74) is 2.78. The maximum atomic E-state index is 11.1. The van der Waals surface area contributed by atoms with Crippen LogP contribution in [0.1, 0.15) is 33.2 Å². The van der Waals surface area contributed by atoms with Crippen LogP contribution in [-0.4, -0.2) is 32.3 Å². The van der Waals surface area contributed by atoms with Gasteiger partial charge in [-0.1, -0.05) is 48.0 Å². The van der Waals surface area contributed by atoms with Gasteiger partial charge in [-0.15, -0.1) is 0 Å². The van der Waals surface area contributed by atoms with E-state index in [9.17, 15) is 14.7 Å². The Kier molecular flexibility index (Phi) is 8.93. The molecule has 2 rings (SSSR count). The quantitative estimate of drug-likeness (QED) is 0.502. The Morgan fingerprint density at radius 2 is 1.81 bits per heavy atom. The van der Waals surface area contributed by atoms with Crippen molar-refractivity contribution in [3.05, 3.63) is 70.8 Å². The van der Waals surface area contributed by atoms with Gasteiger partial charge >= 0.3 is 25.0 Å². The van der Waals surface area contributed by atoms with Crippen molar-refractivity contribution in [3.8, 4) is 0 Å². The predicted octanol–water partition coefficient (Wildman–Crippen LogP) is -1.18. The number of hydrogen-bond acceptors (Lipinski definition) is 5. The third-order valence-electron chi connectivity index (χ3n) is 3.65. The number of carboxylic acid groups (broad SMARTS) is 1. The van der Waals surface area contributed by atoms with Crippen LogP contribution in [0.4, 0.5) is 4.79 Å². The molecule has 0 aromatic heterocycles. The fraction of sp³-hybridized carbons (Fsp3) is 0.263. The summed E-state index contributed by atoms with van der Waals surface area (Å²) in [5, 5.41) is 13.7. The molecule has 1 unspecified atom stereocenters. The summed E-state index contributed by atoms with van der Waals surface area (Å²) < 4.78 is 10.4. The second-order valence-corrected chi connectivity index (χ2v) is 5.49. The van der Waals surface area contributed by atoms with Crippen molar-refractivity contribution in [2.75, 3.05) is 20.3 Å². The van der Waals surface area contributed by atoms with Gasteiger partial charge in [0.25, 0.3) is 0 Å². The van der Waals surface area contributed by atoms with Crippen LogP contribution in [0.15, 0.2) is 48.5 Å². The fourth-order valence-electron chi connectivity index (χ4n) is 2.36. The Balaban J connectivity index is 0.00000338. The van der Waals surface area contributed by atoms with Crippen molar-refractivity contribution in [3.63, 3.8) is 0 Å². The molecule has 0 aliphatic heterocycles. The van der Waals surface area contributed by atoms with Gasteiger partial charge in [0.1, 0.15) is 6.10 Å². The molecule has 0 bridgehead atoms. The third-order valence-corrected chi connectivity index (χ3v) is 3.65. The number of hydrogen-bond donors (Lipinski definition) is 1. The number of carboxylic acids is 1. The number of ether oxygens (including phenoxy) is 2. The number of aromatic carboxylic acids is 1. The number of carbonyl (C=O) groups excluding carboxylic acids is 2. The van der Waals surface area contributed by atoms with Gasteiger partial charge in [0.15, 0.2) is 0 Å². The van der Waals surface area contributed by atoms with Crippen LogP contribution in [0.2, 0.25) is 0 Å². The summed E-state index contributed by atoms with van der Waals surface area (Å²) in [4.78, 5) is 22.2. The van der Waals surface area contributed by atoms with Crippen molar-refractivity contribution in [1.82, 2.24) is 5.32 Å². The monoisotopic (exact) mass is 349 g/mol. The minimum Gasteiger partial charge on any atom is -0.545 e. The largest absolute Gasteiger partial charge is 1.00 e. The van der Waals surface area contributed by atoms with E-state index in [2.05, 4.69) is 10.1 Å². The molecule has 0 aliphatic carbocycles. The number of alkyl carbamates (subject to hydrolysis) is 1. The molecule has 0 saturated carbocycles. The van der Waals surface area contributed by atoms with Gasteiger partial charge < -0.3 is 24.7 Å². The van der Waals surface area contributed by atoms with Gasteiger partial charge in [-0.05, 0) is 29.7 Å². The molecule has 1 atom stereocenters. The summed E-state index contributed by atoms with van der Waals surface area (Å²) in [7, 11) is 1.29. The maximum Gasteiger partial charge on any atom is 1.00 e. The van der Waals surface area contributed by atoms with E-state index in [-0.39, 0.29) is 37.6 Å². The minimum absolute atomic E-state index is 0. The Labute approximate surface area is 164 Å². The van der Waals surface area contributed by atoms with Gasteiger partial charge in [0.05, 0.1) is 19.7 Å². The van der Waals surface area contributed by atoms with Crippen molar-refractivity contribution < 1.29 is 43.0 Å². The van der Waals surface area contributed by atoms with E-state index in [1.54, 1.807) is 12.1 Å². The summed E-state index contributed by atoms with van der Waals surface area (Å²) in [6.45, 7) is 2.50. The Morgan fingerprint density at radius 3 is 2.42 bits per heavy atom. The molecule has 7 heteroatoms. The molecule has 0 heterocycles. The zero-order valence-electron chi connectivity index (χ0n) is 15.2. The van der Waals surface area contributed by atoms with Crippen LogP contribution in [0.3, 0.4) is 0 Å². The molecular formula is C19H20LiNO5. The molecule has 0 fully saturated rings. The van der Waals surface area contributed by atoms with Gasteiger partial charge in [0.2, 0.25) is 0 Å². The van der Waals surface area contributed by atoms with Crippen LogP contribution >= 0.6 is 0 Å². The van der Waals surface area contributed by atoms with E-state index >= 15 is 0 Å². The average Bonchev–Trinajstić information content (AvgIpc) is 2.62. The first-order valence-electron chi connectivity index (χ1n) is 7.82. The van der Waals surface area contributed by atoms with Gasteiger partial charge in [-0.3, -0.25) is 0 Å². The third kappa shape index (κ3) is 6.23. The molecular weight excluding hydrogens is 329 g/mol. The summed E-state index contributed by atoms with van der Waals surface area (Å²) in [6, 6.07) is 14.2. The second-order valence-electron chi connectivity index (χ2n) is 5.49. The normalized spacial score (nSPS) is 11.2. The molecule has 0 radical (unpaired) electrons. The number of aryl methyl sites for hydroxylation is 1. The number of carbonyl (C=O) groups is 2. The molecule has 2 aromatic carbocycles. The SMILES string of the molecule is COC(=O)NCCOC(c1ccc(C)cc1)c1cccc(C(=O)[O-])c1.[Li+]. The van der Waals surface area contributed by atoms with Crippen LogP contribution < -0.4 is 29.3 Å². The average molecular weight is 349 g/mol. The smallest absolute Gasteiger partial charge is 0.545 e. The number of amides is 1. The number of rotatable bonds is 7. The standard InChI is InChI=1S/C19H21NO5.Li/c1-13-6-8-14(9-7-13)17(25-11-10-20-19(23)24-2)15-4-3-5-16(12-15)18(21)22;/h3-9,12,17H,10-11H2,1-2H3,(H,20,23)(H,21,22);/q;+1/p-1. The van der Waals surface area contributed by atoms with E-state index in [0.29, 0.717) is 5.56 Å². The summed E-state index contributed by atoms with van der Waals surface area (Å²) in [6.07, 6.45) is -0.992. The van der Waals surface area contributed by atoms with Crippen molar-refractivity contribution >= 4 is 12.1 Å². The Bertz CT molecular complexity index is 733. The van der Waals surface area contributed by atoms with Crippen molar-refractivity contribution in [2.45, 2.75) is 13.0 Å². The van der Waals surface area contributed by atoms with E-state index in [1.165, 1.54) is 19.2 Å². The first-order chi connectivity index (χ1) is 12.0. The molecule has 132 valence electrons. The summed E-state index contributed by atoms with van der Waals surface area (Å²) in [5.74, 6) is -1.24. The number of benzene rings is 2. The van der Waals surface area contributed by atoms with E-state index in [1.807, 2.05) is 31.2 Å². The van der Waals surface area contributed by atoms with Crippen LogP contribution in [-0.2, 0) is 9.47 Å². The van der Waals surface area contributed by atoms with Gasteiger partial charge in [-0.2, -0.15) is 0 Å². The molecule has 0 aliphatic rings. The topological polar surface area (TPSA) is 87.7 Å². The maximum absolute atomic E-state index is 11.1. The minimum atomic E-state index is -1.24. The van der Waals surface area contributed by atoms with E-state index in [4.69, 9.17) is 4.74 Å². The zero-order chi connectivity index (χ0) is 18.2. The molecule has 1 amide bonds. The van der Waals surface area contributed by atoms with Crippen molar-refractivity contribution in [1.29, 1.82) is 0 Å². The predicted molar refractivity (Wildman–Crippen MR) is 90.2 cm³/mol. The molecule has 6 nitrogen and oxygen atoms in total. The first kappa shape index (κ1) is 21.8. The van der Waals surface area contributed by atoms with Crippen molar-refractivity contribution in [2.24, 2.45) is 0 Å². The molecule has 26 heavy (non-hydrogen) atoms. The summed E-state index contributed by atoms with van der Waals surface area (Å²) >= 11 is 0. The molecule has 0 spiro atoms. The van der Waals surface area contributed by atoms with Gasteiger partial charge in [0, 0.05) is 6.54 Å².